The number of halogens is 2. The van der Waals surface area contributed by atoms with E-state index in [1.807, 2.05) is 50.2 Å². The molecule has 1 fully saturated rings. The zero-order valence-corrected chi connectivity index (χ0v) is 21.0. The summed E-state index contributed by atoms with van der Waals surface area (Å²) in [7, 11) is 0. The molecule has 2 aromatic carbocycles. The fraction of sp³-hybridized carbons (Fsp3) is 0.318. The molecule has 9 heteroatoms. The van der Waals surface area contributed by atoms with Gasteiger partial charge in [-0.3, -0.25) is 9.59 Å². The minimum absolute atomic E-state index is 0.0751. The number of ether oxygens (including phenoxy) is 2. The van der Waals surface area contributed by atoms with Gasteiger partial charge in [0, 0.05) is 23.1 Å². The molecule has 3 rings (SSSR count). The number of carbonyl (C=O) groups excluding carboxylic acids is 2. The average Bonchev–Trinajstić information content (AvgIpc) is 3.13. The SMILES string of the molecule is CCOc1cc(/C=N\NC(=O)[C@H]2CC(=O)N(c3ccc(Br)cc3)C2)cc(I)c1OCC. The maximum Gasteiger partial charge on any atom is 0.245 e. The van der Waals surface area contributed by atoms with Crippen LogP contribution < -0.4 is 19.8 Å². The van der Waals surface area contributed by atoms with E-state index < -0.39 is 5.92 Å². The second-order valence-corrected chi connectivity index (χ2v) is 8.89. The Morgan fingerprint density at radius 3 is 2.65 bits per heavy atom. The molecule has 0 radical (unpaired) electrons. The van der Waals surface area contributed by atoms with E-state index in [4.69, 9.17) is 9.47 Å². The minimum atomic E-state index is -0.451. The Morgan fingerprint density at radius 1 is 1.26 bits per heavy atom. The summed E-state index contributed by atoms with van der Waals surface area (Å²) >= 11 is 5.56. The van der Waals surface area contributed by atoms with E-state index in [1.54, 1.807) is 11.1 Å². The Morgan fingerprint density at radius 2 is 1.97 bits per heavy atom. The van der Waals surface area contributed by atoms with Gasteiger partial charge in [0.1, 0.15) is 0 Å². The molecular weight excluding hydrogens is 577 g/mol. The van der Waals surface area contributed by atoms with Gasteiger partial charge in [-0.05, 0) is 78.4 Å². The van der Waals surface area contributed by atoms with Gasteiger partial charge in [-0.2, -0.15) is 5.10 Å². The molecule has 2 aromatic rings. The zero-order valence-electron chi connectivity index (χ0n) is 17.2. The molecule has 1 aliphatic rings. The molecule has 0 bridgehead atoms. The van der Waals surface area contributed by atoms with Crippen molar-refractivity contribution in [1.82, 2.24) is 5.43 Å². The molecule has 7 nitrogen and oxygen atoms in total. The summed E-state index contributed by atoms with van der Waals surface area (Å²) < 4.78 is 13.2. The lowest BCUT2D eigenvalue weighted by atomic mass is 10.1. The van der Waals surface area contributed by atoms with Crippen molar-refractivity contribution in [3.8, 4) is 11.5 Å². The van der Waals surface area contributed by atoms with Crippen molar-refractivity contribution >= 4 is 62.2 Å². The summed E-state index contributed by atoms with van der Waals surface area (Å²) in [5.41, 5.74) is 4.11. The third-order valence-corrected chi connectivity index (χ3v) is 5.97. The molecule has 1 heterocycles. The highest BCUT2D eigenvalue weighted by Gasteiger charge is 2.35. The van der Waals surface area contributed by atoms with Crippen LogP contribution in [-0.4, -0.2) is 37.8 Å². The summed E-state index contributed by atoms with van der Waals surface area (Å²) in [6.07, 6.45) is 1.72. The van der Waals surface area contributed by atoms with Crippen LogP contribution in [0.5, 0.6) is 11.5 Å². The molecule has 1 aliphatic heterocycles. The molecule has 1 atom stereocenters. The molecule has 164 valence electrons. The van der Waals surface area contributed by atoms with Crippen molar-refractivity contribution in [2.75, 3.05) is 24.7 Å². The quantitative estimate of drug-likeness (QED) is 0.278. The lowest BCUT2D eigenvalue weighted by molar-refractivity contribution is -0.126. The van der Waals surface area contributed by atoms with Crippen LogP contribution in [0.15, 0.2) is 46.0 Å². The van der Waals surface area contributed by atoms with Crippen LogP contribution in [0.2, 0.25) is 0 Å². The Kier molecular flexibility index (Phi) is 8.30. The third kappa shape index (κ3) is 5.97. The Bertz CT molecular complexity index is 981. The molecule has 0 aliphatic carbocycles. The summed E-state index contributed by atoms with van der Waals surface area (Å²) in [5.74, 6) is 0.524. The molecule has 2 amide bonds. The number of benzene rings is 2. The first-order valence-corrected chi connectivity index (χ1v) is 11.8. The van der Waals surface area contributed by atoms with E-state index >= 15 is 0 Å². The monoisotopic (exact) mass is 599 g/mol. The predicted molar refractivity (Wildman–Crippen MR) is 132 cm³/mol. The van der Waals surface area contributed by atoms with Gasteiger partial charge in [-0.25, -0.2) is 5.43 Å². The molecule has 1 saturated heterocycles. The van der Waals surface area contributed by atoms with Crippen LogP contribution in [0, 0.1) is 9.49 Å². The fourth-order valence-electron chi connectivity index (χ4n) is 3.23. The Balaban J connectivity index is 1.64. The van der Waals surface area contributed by atoms with Gasteiger partial charge in [-0.15, -0.1) is 0 Å². The van der Waals surface area contributed by atoms with Crippen molar-refractivity contribution in [2.24, 2.45) is 11.0 Å². The van der Waals surface area contributed by atoms with Gasteiger partial charge >= 0.3 is 0 Å². The van der Waals surface area contributed by atoms with Crippen molar-refractivity contribution in [3.05, 3.63) is 50.0 Å². The first kappa shape index (κ1) is 23.5. The van der Waals surface area contributed by atoms with E-state index in [1.165, 1.54) is 0 Å². The van der Waals surface area contributed by atoms with E-state index in [0.717, 1.165) is 19.3 Å². The smallest absolute Gasteiger partial charge is 0.245 e. The Labute approximate surface area is 203 Å². The lowest BCUT2D eigenvalue weighted by Crippen LogP contribution is -2.30. The molecule has 0 spiro atoms. The number of amides is 2. The van der Waals surface area contributed by atoms with Crippen LogP contribution >= 0.6 is 38.5 Å². The second-order valence-electron chi connectivity index (χ2n) is 6.81. The largest absolute Gasteiger partial charge is 0.490 e. The van der Waals surface area contributed by atoms with E-state index in [2.05, 4.69) is 49.0 Å². The summed E-state index contributed by atoms with van der Waals surface area (Å²) in [5, 5.41) is 4.08. The van der Waals surface area contributed by atoms with Gasteiger partial charge in [0.05, 0.1) is 28.9 Å². The van der Waals surface area contributed by atoms with Crippen LogP contribution in [0.1, 0.15) is 25.8 Å². The average molecular weight is 600 g/mol. The van der Waals surface area contributed by atoms with Crippen LogP contribution in [-0.2, 0) is 9.59 Å². The van der Waals surface area contributed by atoms with Crippen molar-refractivity contribution in [3.63, 3.8) is 0 Å². The topological polar surface area (TPSA) is 80.2 Å². The predicted octanol–water partition coefficient (Wildman–Crippen LogP) is 4.35. The number of anilines is 1. The van der Waals surface area contributed by atoms with Crippen molar-refractivity contribution in [1.29, 1.82) is 0 Å². The number of nitrogens with one attached hydrogen (secondary N) is 1. The third-order valence-electron chi connectivity index (χ3n) is 4.64. The van der Waals surface area contributed by atoms with Crippen LogP contribution in [0.25, 0.3) is 0 Å². The molecule has 1 N–H and O–H groups in total. The summed E-state index contributed by atoms with van der Waals surface area (Å²) in [6, 6.07) is 11.2. The second kappa shape index (κ2) is 10.9. The van der Waals surface area contributed by atoms with Crippen molar-refractivity contribution < 1.29 is 19.1 Å². The highest BCUT2D eigenvalue weighted by atomic mass is 127. The van der Waals surface area contributed by atoms with E-state index in [9.17, 15) is 9.59 Å². The summed E-state index contributed by atoms with van der Waals surface area (Å²) in [4.78, 5) is 26.5. The number of hydrogen-bond acceptors (Lipinski definition) is 5. The van der Waals surface area contributed by atoms with Gasteiger partial charge in [0.25, 0.3) is 0 Å². The molecule has 31 heavy (non-hydrogen) atoms. The maximum absolute atomic E-state index is 12.5. The van der Waals surface area contributed by atoms with Gasteiger partial charge in [-0.1, -0.05) is 15.9 Å². The molecule has 0 unspecified atom stereocenters. The molecule has 0 saturated carbocycles. The highest BCUT2D eigenvalue weighted by molar-refractivity contribution is 14.1. The lowest BCUT2D eigenvalue weighted by Gasteiger charge is -2.16. The normalized spacial score (nSPS) is 16.1. The number of hydrazone groups is 1. The highest BCUT2D eigenvalue weighted by Crippen LogP contribution is 2.34. The minimum Gasteiger partial charge on any atom is -0.490 e. The fourth-order valence-corrected chi connectivity index (χ4v) is 4.27. The number of rotatable bonds is 8. The van der Waals surface area contributed by atoms with E-state index in [0.29, 0.717) is 31.3 Å². The standard InChI is InChI=1S/C22H23BrIN3O4/c1-3-30-19-10-14(9-18(24)21(19)31-4-2)12-25-26-22(29)15-11-20(28)27(13-15)17-7-5-16(23)6-8-17/h5-10,12,15H,3-4,11,13H2,1-2H3,(H,26,29)/b25-12-/t15-/m0/s1. The summed E-state index contributed by atoms with van der Waals surface area (Å²) in [6.45, 7) is 5.21. The van der Waals surface area contributed by atoms with E-state index in [-0.39, 0.29) is 18.2 Å². The number of carbonyl (C=O) groups is 2. The van der Waals surface area contributed by atoms with Gasteiger partial charge in [0.2, 0.25) is 11.8 Å². The first-order chi connectivity index (χ1) is 14.9. The van der Waals surface area contributed by atoms with Crippen LogP contribution in [0.4, 0.5) is 5.69 Å². The Hall–Kier alpha value is -2.14. The van der Waals surface area contributed by atoms with Crippen LogP contribution in [0.3, 0.4) is 0 Å². The maximum atomic E-state index is 12.5. The zero-order chi connectivity index (χ0) is 22.4. The van der Waals surface area contributed by atoms with Crippen molar-refractivity contribution in [2.45, 2.75) is 20.3 Å². The number of hydrogen-bond donors (Lipinski definition) is 1. The molecule has 0 aromatic heterocycles. The number of nitrogens with zero attached hydrogens (tertiary/aromatic N) is 2. The van der Waals surface area contributed by atoms with Gasteiger partial charge in [0.15, 0.2) is 11.5 Å². The first-order valence-electron chi connectivity index (χ1n) is 9.90. The molecular formula is C22H23BrIN3O4. The van der Waals surface area contributed by atoms with Gasteiger partial charge < -0.3 is 14.4 Å².